The number of nitrogens with zero attached hydrogens (tertiary/aromatic N) is 4. The van der Waals surface area contributed by atoms with Crippen molar-refractivity contribution in [2.24, 2.45) is 0 Å². The van der Waals surface area contributed by atoms with E-state index in [1.807, 2.05) is 18.2 Å². The van der Waals surface area contributed by atoms with Crippen LogP contribution < -0.4 is 20.9 Å². The molecule has 4 rings (SSSR count). The molecule has 1 saturated heterocycles. The molecular weight excluding hydrogens is 436 g/mol. The fourth-order valence-corrected chi connectivity index (χ4v) is 4.52. The van der Waals surface area contributed by atoms with Gasteiger partial charge in [0.05, 0.1) is 23.7 Å². The number of aromatic nitrogens is 2. The minimum Gasteiger partial charge on any atom is -0.495 e. The van der Waals surface area contributed by atoms with Crippen LogP contribution in [0.1, 0.15) is 12.8 Å². The van der Waals surface area contributed by atoms with E-state index in [1.165, 1.54) is 9.13 Å². The molecule has 0 unspecified atom stereocenters. The van der Waals surface area contributed by atoms with Crippen LogP contribution in [0.4, 0.5) is 5.69 Å². The predicted molar refractivity (Wildman–Crippen MR) is 131 cm³/mol. The molecule has 0 aliphatic carbocycles. The van der Waals surface area contributed by atoms with Crippen LogP contribution in [0.5, 0.6) is 5.75 Å². The number of aryl methyl sites for hydroxylation is 1. The van der Waals surface area contributed by atoms with Gasteiger partial charge in [-0.2, -0.15) is 0 Å². The maximum absolute atomic E-state index is 13.2. The number of rotatable bonds is 9. The highest BCUT2D eigenvalue weighted by molar-refractivity contribution is 5.77. The first-order valence-electron chi connectivity index (χ1n) is 11.5. The molecule has 1 aromatic heterocycles. The number of anilines is 1. The van der Waals surface area contributed by atoms with Crippen molar-refractivity contribution < 1.29 is 14.6 Å². The van der Waals surface area contributed by atoms with E-state index in [0.717, 1.165) is 37.6 Å². The maximum Gasteiger partial charge on any atom is 0.331 e. The molecule has 1 fully saturated rings. The highest BCUT2D eigenvalue weighted by Gasteiger charge is 2.20. The standard InChI is InChI=1S/C25H30N4O5/c1-34-22-10-5-4-9-21(22)27-16-13-26(14-17-27)15-18-29-24(32)19-7-2-3-8-20(19)28(25(29)33)12-6-11-23(30)31/h2-5,7-10H,6,11-18H2,1H3,(H,30,31). The lowest BCUT2D eigenvalue weighted by molar-refractivity contribution is -0.137. The zero-order chi connectivity index (χ0) is 24.1. The Kier molecular flexibility index (Phi) is 7.32. The molecule has 1 aliphatic rings. The number of fused-ring (bicyclic) bond motifs is 1. The molecule has 3 aromatic rings. The van der Waals surface area contributed by atoms with E-state index in [1.54, 1.807) is 31.4 Å². The number of hydrogen-bond acceptors (Lipinski definition) is 6. The van der Waals surface area contributed by atoms with Crippen molar-refractivity contribution in [2.75, 3.05) is 44.7 Å². The first-order valence-corrected chi connectivity index (χ1v) is 11.5. The second-order valence-corrected chi connectivity index (χ2v) is 8.41. The normalized spacial score (nSPS) is 14.4. The summed E-state index contributed by atoms with van der Waals surface area (Å²) in [5.74, 6) is -0.0555. The molecule has 0 amide bonds. The average Bonchev–Trinajstić information content (AvgIpc) is 2.86. The van der Waals surface area contributed by atoms with E-state index < -0.39 is 5.97 Å². The molecule has 0 atom stereocenters. The number of aliphatic carboxylic acids is 1. The number of hydrogen-bond donors (Lipinski definition) is 1. The molecule has 9 heteroatoms. The van der Waals surface area contributed by atoms with Gasteiger partial charge >= 0.3 is 11.7 Å². The largest absolute Gasteiger partial charge is 0.495 e. The van der Waals surface area contributed by atoms with Crippen LogP contribution in [0.2, 0.25) is 0 Å². The van der Waals surface area contributed by atoms with Gasteiger partial charge in [-0.3, -0.25) is 23.6 Å². The third-order valence-corrected chi connectivity index (χ3v) is 6.34. The summed E-state index contributed by atoms with van der Waals surface area (Å²) in [5.41, 5.74) is 0.925. The number of ether oxygens (including phenoxy) is 1. The summed E-state index contributed by atoms with van der Waals surface area (Å²) in [6, 6.07) is 15.0. The zero-order valence-electron chi connectivity index (χ0n) is 19.4. The Labute approximate surface area is 197 Å². The Morgan fingerprint density at radius 2 is 1.62 bits per heavy atom. The molecule has 0 radical (unpaired) electrons. The van der Waals surface area contributed by atoms with Gasteiger partial charge in [0, 0.05) is 52.2 Å². The average molecular weight is 467 g/mol. The van der Waals surface area contributed by atoms with Crippen molar-refractivity contribution in [3.8, 4) is 5.75 Å². The fourth-order valence-electron chi connectivity index (χ4n) is 4.52. The van der Waals surface area contributed by atoms with Crippen molar-refractivity contribution in [3.05, 3.63) is 69.4 Å². The highest BCUT2D eigenvalue weighted by atomic mass is 16.5. The number of piperazine rings is 1. The quantitative estimate of drug-likeness (QED) is 0.514. The van der Waals surface area contributed by atoms with Gasteiger partial charge in [0.1, 0.15) is 5.75 Å². The van der Waals surface area contributed by atoms with Crippen molar-refractivity contribution >= 4 is 22.6 Å². The van der Waals surface area contributed by atoms with Gasteiger partial charge < -0.3 is 14.7 Å². The summed E-state index contributed by atoms with van der Waals surface area (Å²) in [4.78, 5) is 41.7. The summed E-state index contributed by atoms with van der Waals surface area (Å²) >= 11 is 0. The monoisotopic (exact) mass is 466 g/mol. The molecule has 2 heterocycles. The number of carboxylic acid groups (broad SMARTS) is 1. The third-order valence-electron chi connectivity index (χ3n) is 6.34. The lowest BCUT2D eigenvalue weighted by atomic mass is 10.2. The summed E-state index contributed by atoms with van der Waals surface area (Å²) in [5, 5.41) is 9.43. The second-order valence-electron chi connectivity index (χ2n) is 8.41. The Morgan fingerprint density at radius 3 is 2.35 bits per heavy atom. The highest BCUT2D eigenvalue weighted by Crippen LogP contribution is 2.28. The molecule has 0 spiro atoms. The number of benzene rings is 2. The van der Waals surface area contributed by atoms with Crippen molar-refractivity contribution in [1.29, 1.82) is 0 Å². The molecule has 9 nitrogen and oxygen atoms in total. The van der Waals surface area contributed by atoms with Crippen LogP contribution in [0.3, 0.4) is 0 Å². The molecular formula is C25H30N4O5. The van der Waals surface area contributed by atoms with Gasteiger partial charge in [0.2, 0.25) is 0 Å². The number of carbonyl (C=O) groups is 1. The van der Waals surface area contributed by atoms with Gasteiger partial charge in [0.25, 0.3) is 5.56 Å². The van der Waals surface area contributed by atoms with Crippen LogP contribution in [0.25, 0.3) is 10.9 Å². The Hall–Kier alpha value is -3.59. The fraction of sp³-hybridized carbons (Fsp3) is 0.400. The topological polar surface area (TPSA) is 97.0 Å². The Bertz CT molecular complexity index is 1270. The lowest BCUT2D eigenvalue weighted by Crippen LogP contribution is -2.49. The third kappa shape index (κ3) is 4.99. The molecule has 180 valence electrons. The van der Waals surface area contributed by atoms with Crippen molar-refractivity contribution in [1.82, 2.24) is 14.0 Å². The molecule has 0 saturated carbocycles. The van der Waals surface area contributed by atoms with Gasteiger partial charge in [0.15, 0.2) is 0 Å². The maximum atomic E-state index is 13.2. The Balaban J connectivity index is 1.48. The van der Waals surface area contributed by atoms with E-state index in [4.69, 9.17) is 9.84 Å². The lowest BCUT2D eigenvalue weighted by Gasteiger charge is -2.36. The number of methoxy groups -OCH3 is 1. The summed E-state index contributed by atoms with van der Waals surface area (Å²) < 4.78 is 8.30. The van der Waals surface area contributed by atoms with Crippen LogP contribution in [-0.4, -0.2) is 64.9 Å². The minimum atomic E-state index is -0.905. The van der Waals surface area contributed by atoms with Crippen molar-refractivity contribution in [3.63, 3.8) is 0 Å². The smallest absolute Gasteiger partial charge is 0.331 e. The van der Waals surface area contributed by atoms with Crippen LogP contribution >= 0.6 is 0 Å². The Morgan fingerprint density at radius 1 is 0.912 bits per heavy atom. The molecule has 2 aromatic carbocycles. The summed E-state index contributed by atoms with van der Waals surface area (Å²) in [6.07, 6.45) is 0.290. The van der Waals surface area contributed by atoms with Crippen molar-refractivity contribution in [2.45, 2.75) is 25.9 Å². The van der Waals surface area contributed by atoms with E-state index in [9.17, 15) is 14.4 Å². The first-order chi connectivity index (χ1) is 16.5. The number of para-hydroxylation sites is 3. The second kappa shape index (κ2) is 10.6. The first kappa shape index (κ1) is 23.6. The van der Waals surface area contributed by atoms with Crippen LogP contribution in [0, 0.1) is 0 Å². The van der Waals surface area contributed by atoms with E-state index in [2.05, 4.69) is 15.9 Å². The molecule has 0 bridgehead atoms. The SMILES string of the molecule is COc1ccccc1N1CCN(CCn2c(=O)c3ccccc3n(CCCC(=O)O)c2=O)CC1. The zero-order valence-corrected chi connectivity index (χ0v) is 19.4. The van der Waals surface area contributed by atoms with Gasteiger partial charge in [-0.1, -0.05) is 24.3 Å². The van der Waals surface area contributed by atoms with Gasteiger partial charge in [-0.15, -0.1) is 0 Å². The minimum absolute atomic E-state index is 0.0314. The van der Waals surface area contributed by atoms with E-state index in [-0.39, 0.29) is 30.8 Å². The molecule has 1 aliphatic heterocycles. The molecule has 34 heavy (non-hydrogen) atoms. The van der Waals surface area contributed by atoms with Gasteiger partial charge in [-0.25, -0.2) is 4.79 Å². The predicted octanol–water partition coefficient (Wildman–Crippen LogP) is 1.86. The number of carboxylic acids is 1. The van der Waals surface area contributed by atoms with E-state index >= 15 is 0 Å². The molecule has 1 N–H and O–H groups in total. The summed E-state index contributed by atoms with van der Waals surface area (Å²) in [6.45, 7) is 4.40. The van der Waals surface area contributed by atoms with E-state index in [0.29, 0.717) is 23.9 Å². The van der Waals surface area contributed by atoms with Crippen LogP contribution in [0.15, 0.2) is 58.1 Å². The van der Waals surface area contributed by atoms with Gasteiger partial charge in [-0.05, 0) is 30.7 Å². The summed E-state index contributed by atoms with van der Waals surface area (Å²) in [7, 11) is 1.67. The van der Waals surface area contributed by atoms with Crippen LogP contribution in [-0.2, 0) is 17.9 Å².